The van der Waals surface area contributed by atoms with Crippen LogP contribution in [0.25, 0.3) is 0 Å². The van der Waals surface area contributed by atoms with Crippen LogP contribution in [0.1, 0.15) is 75.3 Å². The average molecular weight is 595 g/mol. The van der Waals surface area contributed by atoms with Crippen LogP contribution >= 0.6 is 7.67 Å². The molecule has 8 nitrogen and oxygen atoms in total. The number of nitrogens with zero attached hydrogens (tertiary/aromatic N) is 2. The summed E-state index contributed by atoms with van der Waals surface area (Å²) >= 11 is 0. The van der Waals surface area contributed by atoms with Crippen molar-refractivity contribution in [1.29, 1.82) is 0 Å². The Balaban J connectivity index is 1.73. The van der Waals surface area contributed by atoms with Gasteiger partial charge in [-0.1, -0.05) is 73.9 Å². The molecule has 2 saturated carbocycles. The monoisotopic (exact) mass is 594 g/mol. The minimum Gasteiger partial charge on any atom is -0.320 e. The number of hydrogen-bond donors (Lipinski definition) is 1. The first-order chi connectivity index (χ1) is 18.5. The van der Waals surface area contributed by atoms with E-state index in [2.05, 4.69) is 0 Å². The lowest BCUT2D eigenvalue weighted by Gasteiger charge is -2.39. The van der Waals surface area contributed by atoms with E-state index in [1.165, 1.54) is 24.3 Å². The van der Waals surface area contributed by atoms with Crippen LogP contribution in [-0.2, 0) is 24.6 Å². The molecule has 5 rings (SSSR count). The third-order valence-corrected chi connectivity index (χ3v) is 16.1. The van der Waals surface area contributed by atoms with Gasteiger partial charge in [-0.3, -0.25) is 4.57 Å². The quantitative estimate of drug-likeness (QED) is 0.411. The van der Waals surface area contributed by atoms with Gasteiger partial charge in [0, 0.05) is 0 Å². The van der Waals surface area contributed by atoms with Crippen LogP contribution in [0.4, 0.5) is 0 Å². The Morgan fingerprint density at radius 2 is 0.923 bits per heavy atom. The highest BCUT2D eigenvalue weighted by molar-refractivity contribution is 7.99. The molecule has 2 aromatic carbocycles. The molecule has 2 aromatic rings. The van der Waals surface area contributed by atoms with E-state index in [-0.39, 0.29) is 21.6 Å². The van der Waals surface area contributed by atoms with E-state index in [9.17, 15) is 26.3 Å². The van der Waals surface area contributed by atoms with Gasteiger partial charge in [-0.05, 0) is 75.6 Å². The molecule has 11 heteroatoms. The van der Waals surface area contributed by atoms with E-state index in [0.717, 1.165) is 57.8 Å². The Morgan fingerprint density at radius 3 is 1.23 bits per heavy atom. The number of hydrogen-bond acceptors (Lipinski definition) is 5. The molecule has 39 heavy (non-hydrogen) atoms. The molecule has 1 heterocycles. The maximum Gasteiger partial charge on any atom is 0.371 e. The molecule has 3 aliphatic rings. The number of sulfonamides is 2. The summed E-state index contributed by atoms with van der Waals surface area (Å²) in [5, 5.41) is 0. The molecule has 2 atom stereocenters. The second kappa shape index (κ2) is 11.0. The summed E-state index contributed by atoms with van der Waals surface area (Å²) in [5.41, 5.74) is 1.71. The summed E-state index contributed by atoms with van der Waals surface area (Å²) < 4.78 is 73.2. The molecule has 0 bridgehead atoms. The lowest BCUT2D eigenvalue weighted by molar-refractivity contribution is 0.152. The molecular weight excluding hydrogens is 555 g/mol. The highest BCUT2D eigenvalue weighted by Gasteiger charge is 2.66. The molecule has 2 unspecified atom stereocenters. The van der Waals surface area contributed by atoms with Crippen LogP contribution in [0.2, 0.25) is 0 Å². The Morgan fingerprint density at radius 1 is 0.615 bits per heavy atom. The first-order valence-electron chi connectivity index (χ1n) is 14.0. The van der Waals surface area contributed by atoms with E-state index < -0.39 is 39.8 Å². The highest BCUT2D eigenvalue weighted by Crippen LogP contribution is 2.66. The van der Waals surface area contributed by atoms with Crippen molar-refractivity contribution in [2.24, 2.45) is 11.8 Å². The molecule has 3 fully saturated rings. The first kappa shape index (κ1) is 29.0. The summed E-state index contributed by atoms with van der Waals surface area (Å²) in [5.74, 6) is -0.408. The molecule has 1 aliphatic heterocycles. The van der Waals surface area contributed by atoms with Crippen LogP contribution in [-0.4, -0.2) is 42.0 Å². The second-order valence-electron chi connectivity index (χ2n) is 11.5. The average Bonchev–Trinajstić information content (AvgIpc) is 3.18. The van der Waals surface area contributed by atoms with Gasteiger partial charge in [-0.15, -0.1) is 8.15 Å². The van der Waals surface area contributed by atoms with E-state index >= 15 is 0 Å². The van der Waals surface area contributed by atoms with Crippen molar-refractivity contribution >= 4 is 27.7 Å². The van der Waals surface area contributed by atoms with Crippen LogP contribution in [0.5, 0.6) is 0 Å². The number of aryl methyl sites for hydroxylation is 2. The van der Waals surface area contributed by atoms with Crippen LogP contribution < -0.4 is 0 Å². The molecule has 0 radical (unpaired) electrons. The summed E-state index contributed by atoms with van der Waals surface area (Å²) in [4.78, 5) is 11.7. The number of rotatable bonds is 6. The SMILES string of the molecule is Cc1ccc(S(=O)(=O)N2C(C3CCCCC3)C(C3CCCCC3)N(S(=O)(=O)c3ccc(C)cc3)P2(=O)O)cc1. The molecule has 1 N–H and O–H groups in total. The van der Waals surface area contributed by atoms with Gasteiger partial charge >= 0.3 is 7.67 Å². The van der Waals surface area contributed by atoms with E-state index in [4.69, 9.17) is 0 Å². The fourth-order valence-corrected chi connectivity index (χ4v) is 14.4. The maximum absolute atomic E-state index is 14.6. The molecule has 0 aromatic heterocycles. The van der Waals surface area contributed by atoms with Crippen LogP contribution in [0.15, 0.2) is 58.3 Å². The molecule has 0 spiro atoms. The Bertz CT molecular complexity index is 1320. The fraction of sp³-hybridized carbons (Fsp3) is 0.571. The van der Waals surface area contributed by atoms with Gasteiger partial charge in [0.2, 0.25) is 0 Å². The van der Waals surface area contributed by atoms with Crippen molar-refractivity contribution in [2.45, 2.75) is 99.9 Å². The first-order valence-corrected chi connectivity index (χ1v) is 18.5. The molecular formula is C28H39N2O6PS2. The summed E-state index contributed by atoms with van der Waals surface area (Å²) in [7, 11) is -14.1. The zero-order valence-electron chi connectivity index (χ0n) is 22.6. The topological polar surface area (TPSA) is 112 Å². The van der Waals surface area contributed by atoms with Crippen molar-refractivity contribution < 1.29 is 26.3 Å². The molecule has 2 aliphatic carbocycles. The largest absolute Gasteiger partial charge is 0.371 e. The molecule has 0 amide bonds. The maximum atomic E-state index is 14.6. The van der Waals surface area contributed by atoms with Gasteiger partial charge in [-0.25, -0.2) is 16.8 Å². The van der Waals surface area contributed by atoms with Crippen molar-refractivity contribution in [2.75, 3.05) is 0 Å². The summed E-state index contributed by atoms with van der Waals surface area (Å²) in [6.45, 7) is 3.67. The molecule has 214 valence electrons. The van der Waals surface area contributed by atoms with Crippen LogP contribution in [0.3, 0.4) is 0 Å². The third-order valence-electron chi connectivity index (χ3n) is 8.77. The highest BCUT2D eigenvalue weighted by atomic mass is 32.2. The van der Waals surface area contributed by atoms with Crippen molar-refractivity contribution in [3.63, 3.8) is 0 Å². The zero-order valence-corrected chi connectivity index (χ0v) is 25.2. The standard InChI is InChI=1S/C28H39N2O6PS2/c1-21-13-17-25(18-14-21)38(33,34)29-27(23-9-5-3-6-10-23)28(24-11-7-4-8-12-24)30(37(29,31)32)39(35,36)26-19-15-22(2)16-20-26/h13-20,23-24,27-28H,3-12H2,1-2H3,(H,31,32). The van der Waals surface area contributed by atoms with E-state index in [1.807, 2.05) is 13.8 Å². The lowest BCUT2D eigenvalue weighted by atomic mass is 9.75. The van der Waals surface area contributed by atoms with Gasteiger partial charge in [0.05, 0.1) is 21.9 Å². The lowest BCUT2D eigenvalue weighted by Crippen LogP contribution is -2.50. The summed E-state index contributed by atoms with van der Waals surface area (Å²) in [6, 6.07) is 10.6. The number of benzene rings is 2. The third kappa shape index (κ3) is 5.29. The fourth-order valence-electron chi connectivity index (χ4n) is 6.80. The Kier molecular flexibility index (Phi) is 8.19. The minimum absolute atomic E-state index is 0.0971. The van der Waals surface area contributed by atoms with Gasteiger partial charge < -0.3 is 4.89 Å². The Hall–Kier alpha value is -1.55. The molecule has 1 saturated heterocycles. The Labute approximate surface area is 233 Å². The smallest absolute Gasteiger partial charge is 0.320 e. The van der Waals surface area contributed by atoms with E-state index in [1.54, 1.807) is 24.3 Å². The minimum atomic E-state index is -5.12. The predicted molar refractivity (Wildman–Crippen MR) is 151 cm³/mol. The van der Waals surface area contributed by atoms with Gasteiger partial charge in [0.15, 0.2) is 0 Å². The zero-order chi connectivity index (χ0) is 28.0. The van der Waals surface area contributed by atoms with Crippen molar-refractivity contribution in [1.82, 2.24) is 8.15 Å². The second-order valence-corrected chi connectivity index (χ2v) is 17.5. The van der Waals surface area contributed by atoms with Crippen molar-refractivity contribution in [3.05, 3.63) is 59.7 Å². The normalized spacial score (nSPS) is 28.6. The van der Waals surface area contributed by atoms with Gasteiger partial charge in [-0.2, -0.15) is 0 Å². The van der Waals surface area contributed by atoms with E-state index in [0.29, 0.717) is 25.7 Å². The predicted octanol–water partition coefficient (Wildman–Crippen LogP) is 6.00. The van der Waals surface area contributed by atoms with Gasteiger partial charge in [0.1, 0.15) is 0 Å². The summed E-state index contributed by atoms with van der Waals surface area (Å²) in [6.07, 6.45) is 8.38. The van der Waals surface area contributed by atoms with Crippen LogP contribution in [0, 0.1) is 25.7 Å². The van der Waals surface area contributed by atoms with Gasteiger partial charge in [0.25, 0.3) is 20.0 Å². The van der Waals surface area contributed by atoms with Crippen molar-refractivity contribution in [3.8, 4) is 0 Å².